The fourth-order valence-electron chi connectivity index (χ4n) is 1.70. The number of hydrogen-bond donors (Lipinski definition) is 1. The van der Waals surface area contributed by atoms with Crippen molar-refractivity contribution < 1.29 is 9.59 Å². The molecule has 4 nitrogen and oxygen atoms in total. The molecule has 0 saturated heterocycles. The lowest BCUT2D eigenvalue weighted by Gasteiger charge is -2.23. The van der Waals surface area contributed by atoms with Crippen molar-refractivity contribution in [1.82, 2.24) is 10.2 Å². The van der Waals surface area contributed by atoms with Gasteiger partial charge in [-0.3, -0.25) is 9.59 Å². The Labute approximate surface area is 90.3 Å². The smallest absolute Gasteiger partial charge is 0.239 e. The summed E-state index contributed by atoms with van der Waals surface area (Å²) < 4.78 is 0. The number of nitrogens with zero attached hydrogens (tertiary/aromatic N) is 1. The summed E-state index contributed by atoms with van der Waals surface area (Å²) in [6.07, 6.45) is 6.80. The maximum absolute atomic E-state index is 11.9. The minimum absolute atomic E-state index is 0.0599. The van der Waals surface area contributed by atoms with E-state index in [2.05, 4.69) is 11.4 Å². The molecule has 15 heavy (non-hydrogen) atoms. The van der Waals surface area contributed by atoms with Crippen LogP contribution in [0.3, 0.4) is 0 Å². The lowest BCUT2D eigenvalue weighted by Crippen LogP contribution is -2.40. The van der Waals surface area contributed by atoms with E-state index in [1.165, 1.54) is 4.90 Å². The Bertz CT molecular complexity index is 274. The minimum Gasteiger partial charge on any atom is -0.358 e. The lowest BCUT2D eigenvalue weighted by molar-refractivity contribution is -0.138. The van der Waals surface area contributed by atoms with Crippen LogP contribution in [0.4, 0.5) is 0 Å². The van der Waals surface area contributed by atoms with Crippen LogP contribution < -0.4 is 5.32 Å². The van der Waals surface area contributed by atoms with Crippen LogP contribution in [0.15, 0.2) is 12.2 Å². The van der Waals surface area contributed by atoms with Crippen LogP contribution in [0.1, 0.15) is 19.3 Å². The first-order valence-corrected chi connectivity index (χ1v) is 5.25. The van der Waals surface area contributed by atoms with Crippen LogP contribution in [-0.4, -0.2) is 37.4 Å². The first kappa shape index (κ1) is 11.8. The van der Waals surface area contributed by atoms with Gasteiger partial charge in [0.25, 0.3) is 0 Å². The summed E-state index contributed by atoms with van der Waals surface area (Å²) >= 11 is 0. The number of allylic oxidation sites excluding steroid dienone is 2. The molecule has 1 unspecified atom stereocenters. The minimum atomic E-state index is -0.128. The summed E-state index contributed by atoms with van der Waals surface area (Å²) in [5.74, 6) is 0.00445. The normalized spacial score (nSPS) is 19.7. The van der Waals surface area contributed by atoms with E-state index < -0.39 is 0 Å². The van der Waals surface area contributed by atoms with Gasteiger partial charge in [-0.15, -0.1) is 0 Å². The zero-order valence-electron chi connectivity index (χ0n) is 9.32. The van der Waals surface area contributed by atoms with E-state index in [-0.39, 0.29) is 24.3 Å². The second-order valence-corrected chi connectivity index (χ2v) is 3.85. The fourth-order valence-corrected chi connectivity index (χ4v) is 1.70. The van der Waals surface area contributed by atoms with Crippen LogP contribution in [0.25, 0.3) is 0 Å². The number of likely N-dealkylation sites (N-methyl/N-ethyl adjacent to an activating group) is 2. The third-order valence-electron chi connectivity index (χ3n) is 2.65. The van der Waals surface area contributed by atoms with E-state index in [0.29, 0.717) is 0 Å². The van der Waals surface area contributed by atoms with Gasteiger partial charge in [0, 0.05) is 20.0 Å². The van der Waals surface area contributed by atoms with Crippen LogP contribution in [0, 0.1) is 5.92 Å². The predicted octanol–water partition coefficient (Wildman–Crippen LogP) is 0.547. The molecule has 4 heteroatoms. The Kier molecular flexibility index (Phi) is 4.34. The molecule has 84 valence electrons. The van der Waals surface area contributed by atoms with Crippen molar-refractivity contribution in [2.45, 2.75) is 19.3 Å². The van der Waals surface area contributed by atoms with E-state index in [1.807, 2.05) is 6.08 Å². The number of hydrogen-bond acceptors (Lipinski definition) is 2. The van der Waals surface area contributed by atoms with Gasteiger partial charge in [-0.25, -0.2) is 0 Å². The van der Waals surface area contributed by atoms with Crippen molar-refractivity contribution >= 4 is 11.8 Å². The van der Waals surface area contributed by atoms with Crippen LogP contribution in [-0.2, 0) is 9.59 Å². The highest BCUT2D eigenvalue weighted by molar-refractivity contribution is 5.85. The van der Waals surface area contributed by atoms with E-state index >= 15 is 0 Å². The summed E-state index contributed by atoms with van der Waals surface area (Å²) in [5, 5.41) is 2.51. The van der Waals surface area contributed by atoms with Crippen molar-refractivity contribution in [2.24, 2.45) is 5.92 Å². The Morgan fingerprint density at radius 1 is 1.47 bits per heavy atom. The zero-order chi connectivity index (χ0) is 11.3. The van der Waals surface area contributed by atoms with Crippen molar-refractivity contribution in [3.8, 4) is 0 Å². The summed E-state index contributed by atoms with van der Waals surface area (Å²) in [5.41, 5.74) is 0. The van der Waals surface area contributed by atoms with Crippen LogP contribution in [0.5, 0.6) is 0 Å². The molecule has 0 bridgehead atoms. The maximum atomic E-state index is 11.9. The second kappa shape index (κ2) is 5.53. The molecular formula is C11H18N2O2. The number of amides is 2. The molecule has 0 aromatic carbocycles. The largest absolute Gasteiger partial charge is 0.358 e. The summed E-state index contributed by atoms with van der Waals surface area (Å²) in [6, 6.07) is 0. The average Bonchev–Trinajstić information content (AvgIpc) is 2.29. The van der Waals surface area contributed by atoms with Gasteiger partial charge in [-0.1, -0.05) is 12.2 Å². The molecule has 0 heterocycles. The molecule has 0 radical (unpaired) electrons. The zero-order valence-corrected chi connectivity index (χ0v) is 9.32. The van der Waals surface area contributed by atoms with Gasteiger partial charge in [-0.05, 0) is 19.3 Å². The number of rotatable bonds is 3. The molecule has 0 spiro atoms. The van der Waals surface area contributed by atoms with E-state index in [4.69, 9.17) is 0 Å². The molecule has 1 aliphatic rings. The predicted molar refractivity (Wildman–Crippen MR) is 58.2 cm³/mol. The summed E-state index contributed by atoms with van der Waals surface area (Å²) in [6.45, 7) is 0.148. The highest BCUT2D eigenvalue weighted by atomic mass is 16.2. The standard InChI is InChI=1S/C11H18N2O2/c1-12-10(14)8-13(2)11(15)9-6-4-3-5-7-9/h3-4,9H,5-8H2,1-2H3,(H,12,14). The first-order valence-electron chi connectivity index (χ1n) is 5.25. The van der Waals surface area contributed by atoms with Gasteiger partial charge >= 0.3 is 0 Å². The Balaban J connectivity index is 2.44. The fraction of sp³-hybridized carbons (Fsp3) is 0.636. The van der Waals surface area contributed by atoms with Gasteiger partial charge in [0.05, 0.1) is 6.54 Å². The van der Waals surface area contributed by atoms with Gasteiger partial charge < -0.3 is 10.2 Å². The SMILES string of the molecule is CNC(=O)CN(C)C(=O)C1CC=CCC1. The molecule has 1 rings (SSSR count). The van der Waals surface area contributed by atoms with Crippen molar-refractivity contribution in [2.75, 3.05) is 20.6 Å². The van der Waals surface area contributed by atoms with E-state index in [0.717, 1.165) is 19.3 Å². The molecule has 0 fully saturated rings. The molecule has 0 saturated carbocycles. The third kappa shape index (κ3) is 3.38. The Morgan fingerprint density at radius 2 is 2.20 bits per heavy atom. The molecule has 1 N–H and O–H groups in total. The topological polar surface area (TPSA) is 49.4 Å². The molecule has 0 aromatic heterocycles. The van der Waals surface area contributed by atoms with Gasteiger partial charge in [0.1, 0.15) is 0 Å². The molecule has 1 aliphatic carbocycles. The van der Waals surface area contributed by atoms with E-state index in [9.17, 15) is 9.59 Å². The highest BCUT2D eigenvalue weighted by Crippen LogP contribution is 2.19. The average molecular weight is 210 g/mol. The first-order chi connectivity index (χ1) is 7.15. The Hall–Kier alpha value is -1.32. The lowest BCUT2D eigenvalue weighted by atomic mass is 9.93. The van der Waals surface area contributed by atoms with Gasteiger partial charge in [0.2, 0.25) is 11.8 Å². The van der Waals surface area contributed by atoms with Crippen molar-refractivity contribution in [3.63, 3.8) is 0 Å². The number of carbonyl (C=O) groups excluding carboxylic acids is 2. The summed E-state index contributed by atoms with van der Waals surface area (Å²) in [4.78, 5) is 24.5. The van der Waals surface area contributed by atoms with Gasteiger partial charge in [-0.2, -0.15) is 0 Å². The molecule has 0 aliphatic heterocycles. The Morgan fingerprint density at radius 3 is 2.73 bits per heavy atom. The quantitative estimate of drug-likeness (QED) is 0.691. The van der Waals surface area contributed by atoms with Crippen molar-refractivity contribution in [1.29, 1.82) is 0 Å². The number of nitrogens with one attached hydrogen (secondary N) is 1. The highest BCUT2D eigenvalue weighted by Gasteiger charge is 2.22. The summed E-state index contributed by atoms with van der Waals surface area (Å²) in [7, 11) is 3.25. The molecule has 0 aromatic rings. The van der Waals surface area contributed by atoms with E-state index in [1.54, 1.807) is 14.1 Å². The maximum Gasteiger partial charge on any atom is 0.239 e. The second-order valence-electron chi connectivity index (χ2n) is 3.85. The van der Waals surface area contributed by atoms with Crippen LogP contribution in [0.2, 0.25) is 0 Å². The number of carbonyl (C=O) groups is 2. The molecular weight excluding hydrogens is 192 g/mol. The van der Waals surface area contributed by atoms with Crippen LogP contribution >= 0.6 is 0 Å². The monoisotopic (exact) mass is 210 g/mol. The molecule has 1 atom stereocenters. The van der Waals surface area contributed by atoms with Gasteiger partial charge in [0.15, 0.2) is 0 Å². The third-order valence-corrected chi connectivity index (χ3v) is 2.65. The molecule has 2 amide bonds. The van der Waals surface area contributed by atoms with Crippen molar-refractivity contribution in [3.05, 3.63) is 12.2 Å².